The number of nitrogens with zero attached hydrogens (tertiary/aromatic N) is 4. The number of hydrogen-bond acceptors (Lipinski definition) is 5. The summed E-state index contributed by atoms with van der Waals surface area (Å²) in [6, 6.07) is 5.26. The van der Waals surface area contributed by atoms with Crippen molar-refractivity contribution in [1.82, 2.24) is 14.3 Å². The van der Waals surface area contributed by atoms with E-state index >= 15 is 0 Å². The normalized spacial score (nSPS) is 11.5. The Hall–Kier alpha value is -3.05. The molecule has 2 aromatic heterocycles. The van der Waals surface area contributed by atoms with Gasteiger partial charge < -0.3 is 14.0 Å². The fourth-order valence-corrected chi connectivity index (χ4v) is 3.71. The molecule has 0 saturated heterocycles. The highest BCUT2D eigenvalue weighted by Gasteiger charge is 2.17. The van der Waals surface area contributed by atoms with Crippen molar-refractivity contribution in [1.29, 1.82) is 0 Å². The van der Waals surface area contributed by atoms with Crippen molar-refractivity contribution < 1.29 is 14.3 Å². The average molecular weight is 370 g/mol. The maximum absolute atomic E-state index is 12.5. The first-order valence-electron chi connectivity index (χ1n) is 7.93. The summed E-state index contributed by atoms with van der Waals surface area (Å²) in [5.74, 6) is 3.48. The van der Waals surface area contributed by atoms with Crippen molar-refractivity contribution in [2.75, 3.05) is 14.2 Å². The van der Waals surface area contributed by atoms with Crippen molar-refractivity contribution in [3.05, 3.63) is 34.9 Å². The number of thiazole rings is 1. The zero-order chi connectivity index (χ0) is 18.7. The molecule has 8 heteroatoms. The van der Waals surface area contributed by atoms with E-state index in [1.54, 1.807) is 41.8 Å². The number of terminal acetylenes is 1. The van der Waals surface area contributed by atoms with Gasteiger partial charge >= 0.3 is 0 Å². The fraction of sp³-hybridized carbons (Fsp3) is 0.278. The third-order valence-corrected chi connectivity index (χ3v) is 4.92. The molecule has 0 aliphatic heterocycles. The molecule has 0 spiro atoms. The summed E-state index contributed by atoms with van der Waals surface area (Å²) in [6.45, 7) is 2.88. The van der Waals surface area contributed by atoms with Gasteiger partial charge in [-0.3, -0.25) is 9.48 Å². The Morgan fingerprint density at radius 2 is 2.04 bits per heavy atom. The Kier molecular flexibility index (Phi) is 5.09. The summed E-state index contributed by atoms with van der Waals surface area (Å²) in [5, 5.41) is 4.20. The number of aromatic nitrogens is 3. The number of fused-ring (bicyclic) bond motifs is 1. The minimum atomic E-state index is -0.424. The summed E-state index contributed by atoms with van der Waals surface area (Å²) in [6.07, 6.45) is 7.27. The molecule has 0 fully saturated rings. The lowest BCUT2D eigenvalue weighted by Crippen LogP contribution is -2.17. The van der Waals surface area contributed by atoms with Gasteiger partial charge in [0, 0.05) is 12.7 Å². The van der Waals surface area contributed by atoms with Gasteiger partial charge in [-0.15, -0.1) is 6.42 Å². The molecule has 2 heterocycles. The van der Waals surface area contributed by atoms with Crippen LogP contribution in [0.3, 0.4) is 0 Å². The van der Waals surface area contributed by atoms with Crippen molar-refractivity contribution in [2.45, 2.75) is 20.0 Å². The van der Waals surface area contributed by atoms with E-state index in [0.717, 1.165) is 10.2 Å². The average Bonchev–Trinajstić information content (AvgIpc) is 3.27. The van der Waals surface area contributed by atoms with E-state index in [9.17, 15) is 4.79 Å². The van der Waals surface area contributed by atoms with Crippen LogP contribution in [0.1, 0.15) is 17.4 Å². The Morgan fingerprint density at radius 3 is 2.65 bits per heavy atom. The van der Waals surface area contributed by atoms with Crippen LogP contribution in [-0.4, -0.2) is 34.5 Å². The number of carbonyl (C=O) groups is 1. The maximum atomic E-state index is 12.5. The highest BCUT2D eigenvalue weighted by Crippen LogP contribution is 2.35. The van der Waals surface area contributed by atoms with Crippen LogP contribution < -0.4 is 14.3 Å². The molecule has 0 N–H and O–H groups in total. The molecule has 0 atom stereocenters. The van der Waals surface area contributed by atoms with Gasteiger partial charge in [-0.25, -0.2) is 0 Å². The molecule has 7 nitrogen and oxygen atoms in total. The number of aryl methyl sites for hydroxylation is 1. The first-order chi connectivity index (χ1) is 12.6. The molecule has 1 amide bonds. The molecule has 26 heavy (non-hydrogen) atoms. The Bertz CT molecular complexity index is 1070. The van der Waals surface area contributed by atoms with Crippen LogP contribution in [0.5, 0.6) is 11.5 Å². The predicted octanol–water partition coefficient (Wildman–Crippen LogP) is 2.31. The van der Waals surface area contributed by atoms with Gasteiger partial charge in [0.2, 0.25) is 0 Å². The van der Waals surface area contributed by atoms with Crippen molar-refractivity contribution in [3.8, 4) is 23.8 Å². The lowest BCUT2D eigenvalue weighted by Gasteiger charge is -2.08. The Morgan fingerprint density at radius 1 is 1.31 bits per heavy atom. The molecule has 3 aromatic rings. The number of ether oxygens (including phenoxy) is 2. The Labute approximate surface area is 154 Å². The molecular weight excluding hydrogens is 352 g/mol. The SMILES string of the molecule is C#CCn1c(=NC(=O)c2ccn(CC)n2)sc2c(OC)ccc(OC)c21. The molecule has 0 aliphatic rings. The second kappa shape index (κ2) is 7.45. The number of carbonyl (C=O) groups excluding carboxylic acids is 1. The monoisotopic (exact) mass is 370 g/mol. The van der Waals surface area contributed by atoms with Crippen LogP contribution in [0.4, 0.5) is 0 Å². The lowest BCUT2D eigenvalue weighted by molar-refractivity contribution is 0.0992. The van der Waals surface area contributed by atoms with Crippen LogP contribution in [0.15, 0.2) is 29.4 Å². The van der Waals surface area contributed by atoms with E-state index in [4.69, 9.17) is 15.9 Å². The van der Waals surface area contributed by atoms with Crippen LogP contribution >= 0.6 is 11.3 Å². The van der Waals surface area contributed by atoms with E-state index in [1.165, 1.54) is 11.3 Å². The summed E-state index contributed by atoms with van der Waals surface area (Å²) in [5.41, 5.74) is 1.04. The first kappa shape index (κ1) is 17.8. The Balaban J connectivity index is 2.23. The van der Waals surface area contributed by atoms with Crippen molar-refractivity contribution in [3.63, 3.8) is 0 Å². The summed E-state index contributed by atoms with van der Waals surface area (Å²) in [4.78, 5) is 17.2. The lowest BCUT2D eigenvalue weighted by atomic mass is 10.3. The summed E-state index contributed by atoms with van der Waals surface area (Å²) < 4.78 is 15.1. The quantitative estimate of drug-likeness (QED) is 0.646. The van der Waals surface area contributed by atoms with Crippen LogP contribution in [-0.2, 0) is 13.1 Å². The van der Waals surface area contributed by atoms with Gasteiger partial charge in [-0.05, 0) is 25.1 Å². The molecule has 0 aliphatic carbocycles. The molecule has 0 saturated carbocycles. The van der Waals surface area contributed by atoms with E-state index in [1.807, 2.05) is 13.0 Å². The zero-order valence-electron chi connectivity index (χ0n) is 14.7. The minimum absolute atomic E-state index is 0.249. The van der Waals surface area contributed by atoms with Crippen molar-refractivity contribution >= 4 is 27.5 Å². The van der Waals surface area contributed by atoms with E-state index < -0.39 is 5.91 Å². The number of methoxy groups -OCH3 is 2. The second-order valence-corrected chi connectivity index (χ2v) is 6.27. The van der Waals surface area contributed by atoms with E-state index in [-0.39, 0.29) is 12.2 Å². The van der Waals surface area contributed by atoms with Gasteiger partial charge in [-0.1, -0.05) is 17.3 Å². The third-order valence-electron chi connectivity index (χ3n) is 3.82. The van der Waals surface area contributed by atoms with Crippen LogP contribution in [0.2, 0.25) is 0 Å². The predicted molar refractivity (Wildman–Crippen MR) is 99.5 cm³/mol. The second-order valence-electron chi connectivity index (χ2n) is 5.30. The molecule has 3 rings (SSSR count). The highest BCUT2D eigenvalue weighted by atomic mass is 32.1. The number of amides is 1. The smallest absolute Gasteiger partial charge is 0.300 e. The molecule has 0 bridgehead atoms. The van der Waals surface area contributed by atoms with Gasteiger partial charge in [0.1, 0.15) is 21.7 Å². The molecule has 134 valence electrons. The van der Waals surface area contributed by atoms with Gasteiger partial charge in [0.25, 0.3) is 5.91 Å². The van der Waals surface area contributed by atoms with E-state index in [0.29, 0.717) is 22.8 Å². The van der Waals surface area contributed by atoms with Crippen molar-refractivity contribution in [2.24, 2.45) is 4.99 Å². The van der Waals surface area contributed by atoms with Gasteiger partial charge in [-0.2, -0.15) is 10.1 Å². The molecule has 0 radical (unpaired) electrons. The van der Waals surface area contributed by atoms with Gasteiger partial charge in [0.05, 0.1) is 20.8 Å². The summed E-state index contributed by atoms with van der Waals surface area (Å²) in [7, 11) is 3.17. The third kappa shape index (κ3) is 3.09. The first-order valence-corrected chi connectivity index (χ1v) is 8.74. The van der Waals surface area contributed by atoms with Gasteiger partial charge in [0.15, 0.2) is 10.5 Å². The fourth-order valence-electron chi connectivity index (χ4n) is 2.57. The van der Waals surface area contributed by atoms with Crippen LogP contribution in [0, 0.1) is 12.3 Å². The highest BCUT2D eigenvalue weighted by molar-refractivity contribution is 7.16. The standard InChI is InChI=1S/C18H18N4O3S/c1-5-10-22-15-13(24-3)7-8-14(25-4)16(15)26-18(22)19-17(23)12-9-11-21(6-2)20-12/h1,7-9,11H,6,10H2,2-4H3. The number of benzene rings is 1. The zero-order valence-corrected chi connectivity index (χ0v) is 15.5. The largest absolute Gasteiger partial charge is 0.495 e. The molecular formula is C18H18N4O3S. The number of hydrogen-bond donors (Lipinski definition) is 0. The number of rotatable bonds is 5. The summed E-state index contributed by atoms with van der Waals surface area (Å²) >= 11 is 1.32. The van der Waals surface area contributed by atoms with E-state index in [2.05, 4.69) is 16.0 Å². The molecule has 0 unspecified atom stereocenters. The molecule has 1 aromatic carbocycles. The minimum Gasteiger partial charge on any atom is -0.495 e. The topological polar surface area (TPSA) is 70.6 Å². The maximum Gasteiger partial charge on any atom is 0.300 e. The van der Waals surface area contributed by atoms with Crippen LogP contribution in [0.25, 0.3) is 10.2 Å².